The van der Waals surface area contributed by atoms with E-state index in [0.717, 1.165) is 24.0 Å². The average Bonchev–Trinajstić information content (AvgIpc) is 3.55. The van der Waals surface area contributed by atoms with Crippen LogP contribution >= 0.6 is 11.8 Å². The number of rotatable bonds is 17. The Morgan fingerprint density at radius 2 is 1.57 bits per heavy atom. The Kier molecular flexibility index (Phi) is 12.0. The molecule has 4 aromatic rings. The molecule has 1 aliphatic rings. The van der Waals surface area contributed by atoms with Crippen molar-refractivity contribution in [3.8, 4) is 23.0 Å². The predicted molar refractivity (Wildman–Crippen MR) is 181 cm³/mol. The van der Waals surface area contributed by atoms with E-state index in [4.69, 9.17) is 23.9 Å². The predicted octanol–water partition coefficient (Wildman–Crippen LogP) is 4.51. The zero-order chi connectivity index (χ0) is 33.0. The Bertz CT molecular complexity index is 1750. The molecule has 5 rings (SSSR count). The molecular formula is C35H40N4O7S. The quantitative estimate of drug-likeness (QED) is 0.0955. The van der Waals surface area contributed by atoms with Gasteiger partial charge < -0.3 is 29.6 Å². The smallest absolute Gasteiger partial charge is 0.262 e. The fourth-order valence-corrected chi connectivity index (χ4v) is 6.13. The number of hydrogen-bond donors (Lipinski definition) is 2. The van der Waals surface area contributed by atoms with Gasteiger partial charge in [0.25, 0.3) is 5.56 Å². The third-order valence-corrected chi connectivity index (χ3v) is 8.77. The monoisotopic (exact) mass is 660 g/mol. The number of nitrogens with one attached hydrogen (secondary N) is 2. The van der Waals surface area contributed by atoms with Gasteiger partial charge in [0.1, 0.15) is 0 Å². The summed E-state index contributed by atoms with van der Waals surface area (Å²) in [6.45, 7) is 1.55. The maximum Gasteiger partial charge on any atom is 0.262 e. The first-order valence-electron chi connectivity index (χ1n) is 15.7. The summed E-state index contributed by atoms with van der Waals surface area (Å²) < 4.78 is 23.2. The molecule has 0 spiro atoms. The van der Waals surface area contributed by atoms with E-state index in [2.05, 4.69) is 10.6 Å². The summed E-state index contributed by atoms with van der Waals surface area (Å²) in [6.07, 6.45) is 3.91. The van der Waals surface area contributed by atoms with Gasteiger partial charge in [-0.1, -0.05) is 54.6 Å². The molecule has 0 saturated carbocycles. The minimum atomic E-state index is -0.201. The van der Waals surface area contributed by atoms with Gasteiger partial charge >= 0.3 is 0 Å². The number of nitrogens with zero attached hydrogens (tertiary/aromatic N) is 2. The summed E-state index contributed by atoms with van der Waals surface area (Å²) in [5.74, 6) is 2.36. The van der Waals surface area contributed by atoms with Crippen molar-refractivity contribution in [2.45, 2.75) is 50.2 Å². The highest BCUT2D eigenvalue weighted by atomic mass is 32.2. The van der Waals surface area contributed by atoms with E-state index < -0.39 is 0 Å². The molecule has 0 saturated heterocycles. The van der Waals surface area contributed by atoms with Gasteiger partial charge in [0.15, 0.2) is 28.2 Å². The fourth-order valence-electron chi connectivity index (χ4n) is 5.27. The van der Waals surface area contributed by atoms with Crippen molar-refractivity contribution in [1.82, 2.24) is 20.2 Å². The topological polar surface area (TPSA) is 130 Å². The van der Waals surface area contributed by atoms with E-state index in [1.54, 1.807) is 30.9 Å². The minimum Gasteiger partial charge on any atom is -0.493 e. The number of carbonyl (C=O) groups excluding carboxylic acids is 2. The molecule has 47 heavy (non-hydrogen) atoms. The molecule has 11 nitrogen and oxygen atoms in total. The van der Waals surface area contributed by atoms with Crippen molar-refractivity contribution < 1.29 is 28.5 Å². The minimum absolute atomic E-state index is 0.0133. The van der Waals surface area contributed by atoms with Gasteiger partial charge in [-0.2, -0.15) is 0 Å². The molecule has 248 valence electrons. The fraction of sp³-hybridized carbons (Fsp3) is 0.371. The lowest BCUT2D eigenvalue weighted by Crippen LogP contribution is -2.28. The Morgan fingerprint density at radius 3 is 2.34 bits per heavy atom. The second-order valence-corrected chi connectivity index (χ2v) is 12.0. The highest BCUT2D eigenvalue weighted by Crippen LogP contribution is 2.35. The first kappa shape index (κ1) is 33.6. The van der Waals surface area contributed by atoms with Crippen LogP contribution in [-0.2, 0) is 29.0 Å². The lowest BCUT2D eigenvalue weighted by atomic mass is 10.1. The molecule has 3 aromatic carbocycles. The largest absolute Gasteiger partial charge is 0.493 e. The zero-order valence-corrected chi connectivity index (χ0v) is 27.5. The highest BCUT2D eigenvalue weighted by Gasteiger charge is 2.20. The van der Waals surface area contributed by atoms with Gasteiger partial charge in [-0.05, 0) is 55.0 Å². The third-order valence-electron chi connectivity index (χ3n) is 7.79. The van der Waals surface area contributed by atoms with Gasteiger partial charge in [0.2, 0.25) is 18.6 Å². The Morgan fingerprint density at radius 1 is 0.851 bits per heavy atom. The normalized spacial score (nSPS) is 11.8. The standard InChI is InChI=1S/C35H40N4O7S/c1-43-28-13-12-25(19-29(28)44-2)15-17-36-32(40)11-7-4-8-18-39-34(42)26-20-30-31(46-23-45-30)21-27(26)38-35(39)47-22-33(41)37-16-14-24-9-5-3-6-10-24/h3,5-6,9-10,12-13,19-21H,4,7-8,11,14-18,22-23H2,1-2H3,(H,36,40)(H,37,41). The SMILES string of the molecule is COc1ccc(CCNC(=O)CCCCCn2c(SCC(=O)NCCc3ccccc3)nc3cc4c(cc3c2=O)OCO4)cc1OC. The molecule has 1 aliphatic heterocycles. The molecule has 0 fully saturated rings. The van der Waals surface area contributed by atoms with E-state index in [-0.39, 0.29) is 29.9 Å². The first-order chi connectivity index (χ1) is 22.9. The van der Waals surface area contributed by atoms with Crippen molar-refractivity contribution in [3.05, 3.63) is 82.1 Å². The second kappa shape index (κ2) is 16.7. The van der Waals surface area contributed by atoms with Crippen LogP contribution in [0.5, 0.6) is 23.0 Å². The molecule has 1 aromatic heterocycles. The number of aromatic nitrogens is 2. The number of benzene rings is 3. The van der Waals surface area contributed by atoms with Crippen LogP contribution in [0.15, 0.2) is 70.6 Å². The van der Waals surface area contributed by atoms with Gasteiger partial charge in [-0.3, -0.25) is 19.0 Å². The van der Waals surface area contributed by atoms with Crippen molar-refractivity contribution in [2.24, 2.45) is 0 Å². The van der Waals surface area contributed by atoms with Crippen molar-refractivity contribution >= 4 is 34.5 Å². The van der Waals surface area contributed by atoms with Gasteiger partial charge in [-0.15, -0.1) is 0 Å². The van der Waals surface area contributed by atoms with Gasteiger partial charge in [0.05, 0.1) is 30.9 Å². The van der Waals surface area contributed by atoms with E-state index in [1.165, 1.54) is 11.8 Å². The highest BCUT2D eigenvalue weighted by molar-refractivity contribution is 7.99. The second-order valence-electron chi connectivity index (χ2n) is 11.0. The molecule has 0 radical (unpaired) electrons. The third kappa shape index (κ3) is 9.19. The number of thioether (sulfide) groups is 1. The lowest BCUT2D eigenvalue weighted by Gasteiger charge is -2.14. The van der Waals surface area contributed by atoms with Crippen molar-refractivity contribution in [2.75, 3.05) is 39.9 Å². The molecule has 2 N–H and O–H groups in total. The zero-order valence-electron chi connectivity index (χ0n) is 26.7. The number of hydrogen-bond acceptors (Lipinski definition) is 9. The summed E-state index contributed by atoms with van der Waals surface area (Å²) in [5, 5.41) is 6.82. The molecule has 12 heteroatoms. The van der Waals surface area contributed by atoms with E-state index in [0.29, 0.717) is 84.4 Å². The van der Waals surface area contributed by atoms with E-state index >= 15 is 0 Å². The van der Waals surface area contributed by atoms with Gasteiger partial charge in [-0.25, -0.2) is 4.98 Å². The van der Waals surface area contributed by atoms with Crippen LogP contribution < -0.4 is 35.1 Å². The number of amides is 2. The van der Waals surface area contributed by atoms with Crippen LogP contribution in [0.3, 0.4) is 0 Å². The molecule has 0 atom stereocenters. The van der Waals surface area contributed by atoms with Crippen LogP contribution in [0.1, 0.15) is 36.8 Å². The molecule has 0 unspecified atom stereocenters. The van der Waals surface area contributed by atoms with Crippen molar-refractivity contribution in [1.29, 1.82) is 0 Å². The van der Waals surface area contributed by atoms with Crippen LogP contribution in [-0.4, -0.2) is 61.2 Å². The van der Waals surface area contributed by atoms with Crippen molar-refractivity contribution in [3.63, 3.8) is 0 Å². The summed E-state index contributed by atoms with van der Waals surface area (Å²) in [5.41, 5.74) is 2.48. The summed E-state index contributed by atoms with van der Waals surface area (Å²) in [4.78, 5) is 43.5. The molecular weight excluding hydrogens is 620 g/mol. The Balaban J connectivity index is 1.13. The number of ether oxygens (including phenoxy) is 4. The van der Waals surface area contributed by atoms with Crippen LogP contribution in [0.25, 0.3) is 10.9 Å². The average molecular weight is 661 g/mol. The van der Waals surface area contributed by atoms with Crippen LogP contribution in [0, 0.1) is 0 Å². The van der Waals surface area contributed by atoms with E-state index in [1.807, 2.05) is 48.5 Å². The molecule has 0 bridgehead atoms. The summed E-state index contributed by atoms with van der Waals surface area (Å²) in [6, 6.07) is 19.1. The van der Waals surface area contributed by atoms with Crippen LogP contribution in [0.4, 0.5) is 0 Å². The van der Waals surface area contributed by atoms with E-state index in [9.17, 15) is 14.4 Å². The Hall–Kier alpha value is -4.71. The first-order valence-corrected chi connectivity index (χ1v) is 16.7. The van der Waals surface area contributed by atoms with Crippen LogP contribution in [0.2, 0.25) is 0 Å². The number of methoxy groups -OCH3 is 2. The molecule has 2 heterocycles. The summed E-state index contributed by atoms with van der Waals surface area (Å²) >= 11 is 1.23. The number of unbranched alkanes of at least 4 members (excludes halogenated alkanes) is 2. The van der Waals surface area contributed by atoms with Gasteiger partial charge in [0, 0.05) is 32.1 Å². The molecule has 0 aliphatic carbocycles. The maximum absolute atomic E-state index is 13.6. The maximum atomic E-state index is 13.6. The number of fused-ring (bicyclic) bond motifs is 2. The molecule has 2 amide bonds. The lowest BCUT2D eigenvalue weighted by molar-refractivity contribution is -0.121. The summed E-state index contributed by atoms with van der Waals surface area (Å²) in [7, 11) is 3.19. The Labute approximate surface area is 278 Å². The number of carbonyl (C=O) groups is 2.